The molecule has 0 aromatic heterocycles. The van der Waals surface area contributed by atoms with Crippen LogP contribution in [0.5, 0.6) is 0 Å². The Morgan fingerprint density at radius 1 is 1.08 bits per heavy atom. The molecule has 0 aromatic carbocycles. The monoisotopic (exact) mass is 346 g/mol. The van der Waals surface area contributed by atoms with Gasteiger partial charge in [-0.3, -0.25) is 9.59 Å². The summed E-state index contributed by atoms with van der Waals surface area (Å²) < 4.78 is 4.54. The van der Waals surface area contributed by atoms with Gasteiger partial charge in [0.2, 0.25) is 0 Å². The molecule has 1 unspecified atom stereocenters. The molecule has 0 spiro atoms. The van der Waals surface area contributed by atoms with Gasteiger partial charge in [0, 0.05) is 17.7 Å². The number of carbonyl (C=O) groups excluding carboxylic acids is 1. The lowest BCUT2D eigenvalue weighted by atomic mass is 10.0. The minimum atomic E-state index is -1.24. The van der Waals surface area contributed by atoms with Gasteiger partial charge < -0.3 is 25.2 Å². The predicted octanol–water partition coefficient (Wildman–Crippen LogP) is 0.383. The van der Waals surface area contributed by atoms with Gasteiger partial charge in [-0.2, -0.15) is 0 Å². The van der Waals surface area contributed by atoms with Crippen molar-refractivity contribution in [1.82, 2.24) is 0 Å². The molecule has 10 heteroatoms. The molecule has 0 aromatic rings. The minimum Gasteiger partial charge on any atom is -0.481 e. The van der Waals surface area contributed by atoms with E-state index >= 15 is 0 Å². The van der Waals surface area contributed by atoms with Gasteiger partial charge in [0.1, 0.15) is 0 Å². The lowest BCUT2D eigenvalue weighted by Crippen LogP contribution is -2.20. The highest BCUT2D eigenvalue weighted by Gasteiger charge is 2.20. The maximum atomic E-state index is 10.6. The Morgan fingerprint density at radius 2 is 1.62 bits per heavy atom. The molecule has 0 amide bonds. The van der Waals surface area contributed by atoms with Crippen LogP contribution in [0.15, 0.2) is 24.3 Å². The van der Waals surface area contributed by atoms with Crippen molar-refractivity contribution in [3.8, 4) is 0 Å². The molecular formula is C14H18O10. The predicted molar refractivity (Wildman–Crippen MR) is 78.2 cm³/mol. The highest BCUT2D eigenvalue weighted by Crippen LogP contribution is 2.09. The van der Waals surface area contributed by atoms with Gasteiger partial charge in [0.15, 0.2) is 0 Å². The summed E-state index contributed by atoms with van der Waals surface area (Å²) in [4.78, 5) is 51.1. The van der Waals surface area contributed by atoms with Crippen LogP contribution in [0.1, 0.15) is 19.8 Å². The molecule has 0 aliphatic rings. The van der Waals surface area contributed by atoms with E-state index in [4.69, 9.17) is 20.4 Å². The van der Waals surface area contributed by atoms with E-state index in [0.29, 0.717) is 6.08 Å². The first-order valence-corrected chi connectivity index (χ1v) is 6.39. The molecule has 0 rings (SSSR count). The van der Waals surface area contributed by atoms with Gasteiger partial charge in [-0.25, -0.2) is 14.4 Å². The van der Waals surface area contributed by atoms with E-state index < -0.39 is 42.2 Å². The van der Waals surface area contributed by atoms with E-state index in [2.05, 4.69) is 11.3 Å². The van der Waals surface area contributed by atoms with Crippen molar-refractivity contribution in [3.05, 3.63) is 24.3 Å². The fraction of sp³-hybridized carbons (Fsp3) is 0.357. The lowest BCUT2D eigenvalue weighted by Gasteiger charge is -2.08. The SMILES string of the molecule is C/C(=C/C(=O)O)C(=O)O.C=CC(=O)OCCC(CC(=O)O)C(=O)O. The molecule has 4 N–H and O–H groups in total. The molecule has 0 saturated heterocycles. The Morgan fingerprint density at radius 3 is 1.92 bits per heavy atom. The zero-order valence-corrected chi connectivity index (χ0v) is 12.8. The molecule has 0 heterocycles. The number of rotatable bonds is 9. The molecule has 0 saturated carbocycles. The van der Waals surface area contributed by atoms with Crippen LogP contribution < -0.4 is 0 Å². The number of carboxylic acid groups (broad SMARTS) is 4. The van der Waals surface area contributed by atoms with Gasteiger partial charge in [-0.1, -0.05) is 6.58 Å². The Balaban J connectivity index is 0. The van der Waals surface area contributed by atoms with Crippen molar-refractivity contribution in [1.29, 1.82) is 0 Å². The standard InChI is InChI=1S/C9H12O6.C5H6O4/c1-2-8(12)15-4-3-6(9(13)14)5-7(10)11;1-3(5(8)9)2-4(6)7/h2,6H,1,3-5H2,(H,10,11)(H,13,14);2H,1H3,(H,6,7)(H,8,9)/b;3-2-. The largest absolute Gasteiger partial charge is 0.481 e. The topological polar surface area (TPSA) is 175 Å². The van der Waals surface area contributed by atoms with Crippen molar-refractivity contribution in [2.45, 2.75) is 19.8 Å². The molecule has 10 nitrogen and oxygen atoms in total. The summed E-state index contributed by atoms with van der Waals surface area (Å²) >= 11 is 0. The average Bonchev–Trinajstić information content (AvgIpc) is 2.45. The molecule has 1 atom stereocenters. The summed E-state index contributed by atoms with van der Waals surface area (Å²) in [5, 5.41) is 33.1. The van der Waals surface area contributed by atoms with Crippen LogP contribution in [0.25, 0.3) is 0 Å². The fourth-order valence-electron chi connectivity index (χ4n) is 1.13. The second kappa shape index (κ2) is 12.4. The van der Waals surface area contributed by atoms with Crippen LogP contribution in [0, 0.1) is 5.92 Å². The van der Waals surface area contributed by atoms with E-state index in [9.17, 15) is 24.0 Å². The van der Waals surface area contributed by atoms with Crippen LogP contribution in [0.4, 0.5) is 0 Å². The second-order valence-electron chi connectivity index (χ2n) is 4.26. The van der Waals surface area contributed by atoms with Gasteiger partial charge in [-0.15, -0.1) is 0 Å². The van der Waals surface area contributed by atoms with Crippen LogP contribution in [-0.4, -0.2) is 56.9 Å². The molecule has 0 bridgehead atoms. The quantitative estimate of drug-likeness (QED) is 0.337. The molecule has 0 radical (unpaired) electrons. The van der Waals surface area contributed by atoms with Gasteiger partial charge in [-0.05, 0) is 13.3 Å². The van der Waals surface area contributed by atoms with Crippen molar-refractivity contribution in [3.63, 3.8) is 0 Å². The third kappa shape index (κ3) is 13.8. The number of carbonyl (C=O) groups is 5. The van der Waals surface area contributed by atoms with Crippen molar-refractivity contribution in [2.24, 2.45) is 5.92 Å². The first kappa shape index (κ1) is 23.1. The lowest BCUT2D eigenvalue weighted by molar-refractivity contribution is -0.150. The molecule has 134 valence electrons. The number of aliphatic carboxylic acids is 4. The third-order valence-corrected chi connectivity index (χ3v) is 2.32. The summed E-state index contributed by atoms with van der Waals surface area (Å²) in [5.41, 5.74) is -0.178. The van der Waals surface area contributed by atoms with Gasteiger partial charge >= 0.3 is 29.8 Å². The number of hydrogen-bond acceptors (Lipinski definition) is 6. The summed E-state index contributed by atoms with van der Waals surface area (Å²) in [5.74, 6) is -6.56. The van der Waals surface area contributed by atoms with Crippen LogP contribution in [0.3, 0.4) is 0 Å². The van der Waals surface area contributed by atoms with Crippen molar-refractivity contribution >= 4 is 29.8 Å². The summed E-state index contributed by atoms with van der Waals surface area (Å²) in [6.07, 6.45) is 1.08. The number of esters is 1. The maximum absolute atomic E-state index is 10.6. The minimum absolute atomic E-state index is 0.0266. The Hall–Kier alpha value is -3.17. The first-order chi connectivity index (χ1) is 11.0. The molecular weight excluding hydrogens is 328 g/mol. The van der Waals surface area contributed by atoms with Crippen LogP contribution in [0.2, 0.25) is 0 Å². The zero-order chi connectivity index (χ0) is 19.3. The smallest absolute Gasteiger partial charge is 0.331 e. The highest BCUT2D eigenvalue weighted by molar-refractivity contribution is 5.94. The summed E-state index contributed by atoms with van der Waals surface area (Å²) in [7, 11) is 0. The normalized spacial score (nSPS) is 11.3. The molecule has 24 heavy (non-hydrogen) atoms. The van der Waals surface area contributed by atoms with E-state index in [0.717, 1.165) is 6.08 Å². The fourth-order valence-corrected chi connectivity index (χ4v) is 1.13. The van der Waals surface area contributed by atoms with Crippen molar-refractivity contribution in [2.75, 3.05) is 6.61 Å². The second-order valence-corrected chi connectivity index (χ2v) is 4.26. The summed E-state index contributed by atoms with van der Waals surface area (Å²) in [6.45, 7) is 4.25. The number of ether oxygens (including phenoxy) is 1. The average molecular weight is 346 g/mol. The molecule has 0 fully saturated rings. The van der Waals surface area contributed by atoms with Crippen LogP contribution >= 0.6 is 0 Å². The zero-order valence-electron chi connectivity index (χ0n) is 12.8. The van der Waals surface area contributed by atoms with Crippen LogP contribution in [-0.2, 0) is 28.7 Å². The highest BCUT2D eigenvalue weighted by atomic mass is 16.5. The van der Waals surface area contributed by atoms with E-state index in [1.54, 1.807) is 0 Å². The Labute approximate surface area is 136 Å². The first-order valence-electron chi connectivity index (χ1n) is 6.39. The van der Waals surface area contributed by atoms with E-state index in [1.807, 2.05) is 0 Å². The third-order valence-electron chi connectivity index (χ3n) is 2.32. The maximum Gasteiger partial charge on any atom is 0.331 e. The van der Waals surface area contributed by atoms with E-state index in [-0.39, 0.29) is 18.6 Å². The van der Waals surface area contributed by atoms with Gasteiger partial charge in [0.05, 0.1) is 18.9 Å². The summed E-state index contributed by atoms with van der Waals surface area (Å²) in [6, 6.07) is 0. The number of hydrogen-bond donors (Lipinski definition) is 4. The Bertz CT molecular complexity index is 532. The molecule has 0 aliphatic heterocycles. The van der Waals surface area contributed by atoms with E-state index in [1.165, 1.54) is 6.92 Å². The number of carboxylic acids is 4. The van der Waals surface area contributed by atoms with Gasteiger partial charge in [0.25, 0.3) is 0 Å². The van der Waals surface area contributed by atoms with Crippen molar-refractivity contribution < 1.29 is 49.1 Å². The molecule has 0 aliphatic carbocycles. The Kier molecular flexibility index (Phi) is 11.9.